The summed E-state index contributed by atoms with van der Waals surface area (Å²) in [6, 6.07) is 0. The van der Waals surface area contributed by atoms with Gasteiger partial charge in [-0.15, -0.1) is 5.53 Å². The van der Waals surface area contributed by atoms with Crippen molar-refractivity contribution in [2.24, 2.45) is 4.99 Å². The molecule has 0 spiro atoms. The zero-order chi connectivity index (χ0) is 11.0. The molecule has 2 aliphatic heterocycles. The molecule has 0 fully saturated rings. The third-order valence-corrected chi connectivity index (χ3v) is 2.16. The van der Waals surface area contributed by atoms with E-state index in [4.69, 9.17) is 11.6 Å². The zero-order valence-corrected chi connectivity index (χ0v) is 8.95. The minimum Gasteiger partial charge on any atom is -0.452 e. The number of fused-ring (bicyclic) bond motifs is 1. The highest BCUT2D eigenvalue weighted by molar-refractivity contribution is 6.31. The number of methoxy groups -OCH3 is 1. The van der Waals surface area contributed by atoms with Gasteiger partial charge in [0.1, 0.15) is 5.16 Å². The summed E-state index contributed by atoms with van der Waals surface area (Å²) in [6.45, 7) is 1.82. The molecule has 2 rings (SSSR count). The highest BCUT2D eigenvalue weighted by atomic mass is 35.5. The lowest BCUT2D eigenvalue weighted by atomic mass is 10.3. The average Bonchev–Trinajstić information content (AvgIpc) is 2.60. The molecule has 1 amide bonds. The van der Waals surface area contributed by atoms with Crippen LogP contribution in [0.2, 0.25) is 0 Å². The van der Waals surface area contributed by atoms with Gasteiger partial charge in [-0.2, -0.15) is 5.01 Å². The number of ether oxygens (including phenoxy) is 1. The first-order valence-corrected chi connectivity index (χ1v) is 4.57. The van der Waals surface area contributed by atoms with Crippen LogP contribution in [0.5, 0.6) is 0 Å². The smallest absolute Gasteiger partial charge is 0.429 e. The van der Waals surface area contributed by atoms with Gasteiger partial charge < -0.3 is 4.74 Å². The van der Waals surface area contributed by atoms with Crippen LogP contribution in [0.25, 0.3) is 0 Å². The number of hydrogen-bond acceptors (Lipinski definition) is 5. The number of nitrogens with one attached hydrogen (secondary N) is 1. The van der Waals surface area contributed by atoms with Crippen LogP contribution in [-0.4, -0.2) is 28.9 Å². The first kappa shape index (κ1) is 10.0. The van der Waals surface area contributed by atoms with Gasteiger partial charge in [0.25, 0.3) is 0 Å². The van der Waals surface area contributed by atoms with Crippen molar-refractivity contribution in [3.63, 3.8) is 0 Å². The fraction of sp³-hybridized carbons (Fsp3) is 0.250. The third-order valence-electron chi connectivity index (χ3n) is 1.89. The maximum Gasteiger partial charge on any atom is 0.429 e. The first-order valence-electron chi connectivity index (χ1n) is 4.19. The molecule has 15 heavy (non-hydrogen) atoms. The number of rotatable bonds is 0. The molecule has 0 saturated heterocycles. The van der Waals surface area contributed by atoms with Gasteiger partial charge in [-0.3, -0.25) is 0 Å². The molecule has 0 aromatic carbocycles. The van der Waals surface area contributed by atoms with Gasteiger partial charge in [-0.1, -0.05) is 11.6 Å². The molecule has 2 heterocycles. The maximum atomic E-state index is 11.2. The van der Waals surface area contributed by atoms with Crippen molar-refractivity contribution in [3.05, 3.63) is 23.3 Å². The Bertz CT molecular complexity index is 401. The highest BCUT2D eigenvalue weighted by Crippen LogP contribution is 2.24. The molecule has 0 aromatic rings. The second-order valence-electron chi connectivity index (χ2n) is 2.98. The molecule has 7 heteroatoms. The predicted octanol–water partition coefficient (Wildman–Crippen LogP) is 1.14. The monoisotopic (exact) mass is 228 g/mol. The number of amides is 1. The van der Waals surface area contributed by atoms with Crippen molar-refractivity contribution in [1.82, 2.24) is 15.6 Å². The van der Waals surface area contributed by atoms with Crippen LogP contribution >= 0.6 is 11.6 Å². The van der Waals surface area contributed by atoms with Crippen LogP contribution in [-0.2, 0) is 4.74 Å². The van der Waals surface area contributed by atoms with Gasteiger partial charge in [0.05, 0.1) is 13.3 Å². The molecule has 6 nitrogen and oxygen atoms in total. The van der Waals surface area contributed by atoms with E-state index in [-0.39, 0.29) is 0 Å². The maximum absolute atomic E-state index is 11.2. The number of halogens is 1. The molecule has 1 N–H and O–H groups in total. The molecule has 0 saturated carbocycles. The van der Waals surface area contributed by atoms with Crippen LogP contribution in [0.4, 0.5) is 4.79 Å². The summed E-state index contributed by atoms with van der Waals surface area (Å²) in [5, 5.41) is 3.08. The van der Waals surface area contributed by atoms with Crippen molar-refractivity contribution in [2.45, 2.75) is 6.92 Å². The molecule has 0 aliphatic carbocycles. The van der Waals surface area contributed by atoms with Crippen LogP contribution in [0, 0.1) is 0 Å². The summed E-state index contributed by atoms with van der Waals surface area (Å²) in [5.74, 6) is 0.547. The Hall–Kier alpha value is -1.53. The van der Waals surface area contributed by atoms with Gasteiger partial charge in [-0.25, -0.2) is 14.8 Å². The lowest BCUT2D eigenvalue weighted by Crippen LogP contribution is -2.42. The van der Waals surface area contributed by atoms with E-state index < -0.39 is 6.09 Å². The van der Waals surface area contributed by atoms with E-state index in [9.17, 15) is 4.79 Å². The highest BCUT2D eigenvalue weighted by Gasteiger charge is 2.29. The molecule has 0 unspecified atom stereocenters. The van der Waals surface area contributed by atoms with Crippen LogP contribution in [0.3, 0.4) is 0 Å². The summed E-state index contributed by atoms with van der Waals surface area (Å²) >= 11 is 5.95. The Morgan fingerprint density at radius 3 is 3.07 bits per heavy atom. The van der Waals surface area contributed by atoms with Crippen LogP contribution in [0.1, 0.15) is 6.92 Å². The lowest BCUT2D eigenvalue weighted by molar-refractivity contribution is 0.102. The molecular weight excluding hydrogens is 220 g/mol. The number of aliphatic imine (C=N–C) groups is 1. The van der Waals surface area contributed by atoms with Gasteiger partial charge >= 0.3 is 6.09 Å². The van der Waals surface area contributed by atoms with E-state index in [0.29, 0.717) is 11.0 Å². The number of hydrogen-bond donors (Lipinski definition) is 1. The van der Waals surface area contributed by atoms with E-state index in [2.05, 4.69) is 15.3 Å². The van der Waals surface area contributed by atoms with E-state index in [1.165, 1.54) is 18.3 Å². The quantitative estimate of drug-likeness (QED) is 0.632. The molecule has 0 atom stereocenters. The normalized spacial score (nSPS) is 19.3. The molecule has 0 aromatic heterocycles. The SMILES string of the molecule is COC(=O)N1C=C2N=C(C)C=C(Cl)N2N1. The topological polar surface area (TPSA) is 57.2 Å². The van der Waals surface area contributed by atoms with Crippen molar-refractivity contribution >= 4 is 23.4 Å². The third kappa shape index (κ3) is 1.69. The van der Waals surface area contributed by atoms with E-state index >= 15 is 0 Å². The van der Waals surface area contributed by atoms with Gasteiger partial charge in [0.15, 0.2) is 5.82 Å². The van der Waals surface area contributed by atoms with Gasteiger partial charge in [0, 0.05) is 5.71 Å². The van der Waals surface area contributed by atoms with Crippen LogP contribution < -0.4 is 5.53 Å². The molecule has 0 radical (unpaired) electrons. The summed E-state index contributed by atoms with van der Waals surface area (Å²) < 4.78 is 4.54. The Labute approximate surface area is 91.4 Å². The fourth-order valence-corrected chi connectivity index (χ4v) is 1.52. The van der Waals surface area contributed by atoms with Gasteiger partial charge in [0.2, 0.25) is 0 Å². The number of carbonyl (C=O) groups is 1. The molecule has 0 bridgehead atoms. The predicted molar refractivity (Wildman–Crippen MR) is 54.3 cm³/mol. The summed E-state index contributed by atoms with van der Waals surface area (Å²) in [4.78, 5) is 15.4. The zero-order valence-electron chi connectivity index (χ0n) is 8.19. The number of hydrazine groups is 2. The average molecular weight is 229 g/mol. The van der Waals surface area contributed by atoms with E-state index in [1.807, 2.05) is 6.92 Å². The standard InChI is InChI=1S/C8H9ClN4O2/c1-5-3-6(9)13-7(10-5)4-12(11-13)8(14)15-2/h3-4,11H,1-2H3. The largest absolute Gasteiger partial charge is 0.452 e. The Kier molecular flexibility index (Phi) is 2.37. The molecule has 80 valence electrons. The minimum absolute atomic E-state index is 0.445. The summed E-state index contributed by atoms with van der Waals surface area (Å²) in [6.07, 6.45) is 2.66. The van der Waals surface area contributed by atoms with Crippen molar-refractivity contribution in [2.75, 3.05) is 7.11 Å². The van der Waals surface area contributed by atoms with E-state index in [1.54, 1.807) is 6.08 Å². The van der Waals surface area contributed by atoms with Crippen molar-refractivity contribution in [3.8, 4) is 0 Å². The first-order chi connectivity index (χ1) is 7.11. The second-order valence-corrected chi connectivity index (χ2v) is 3.37. The Morgan fingerprint density at radius 1 is 1.67 bits per heavy atom. The molecule has 2 aliphatic rings. The number of carbonyl (C=O) groups excluding carboxylic acids is 1. The molecular formula is C8H9ClN4O2. The fourth-order valence-electron chi connectivity index (χ4n) is 1.24. The Morgan fingerprint density at radius 2 is 2.40 bits per heavy atom. The van der Waals surface area contributed by atoms with Crippen molar-refractivity contribution < 1.29 is 9.53 Å². The van der Waals surface area contributed by atoms with Crippen molar-refractivity contribution in [1.29, 1.82) is 0 Å². The summed E-state index contributed by atoms with van der Waals surface area (Å²) in [5.41, 5.74) is 3.48. The lowest BCUT2D eigenvalue weighted by Gasteiger charge is -2.22. The number of allylic oxidation sites excluding steroid dienone is 1. The second kappa shape index (κ2) is 3.56. The summed E-state index contributed by atoms with van der Waals surface area (Å²) in [7, 11) is 1.30. The van der Waals surface area contributed by atoms with E-state index in [0.717, 1.165) is 10.7 Å². The minimum atomic E-state index is -0.533. The van der Waals surface area contributed by atoms with Gasteiger partial charge in [-0.05, 0) is 13.0 Å². The van der Waals surface area contributed by atoms with Crippen LogP contribution in [0.15, 0.2) is 28.2 Å². The number of nitrogens with zero attached hydrogens (tertiary/aromatic N) is 3. The Balaban J connectivity index is 2.26.